The lowest BCUT2D eigenvalue weighted by molar-refractivity contribution is -0.154. The number of unbranched alkanes of at least 4 members (excludes halogenated alkanes) is 1. The largest absolute Gasteiger partial charge is 0.476 e. The fraction of sp³-hybridized carbons (Fsp3) is 0.700. The first-order valence-corrected chi connectivity index (χ1v) is 4.74. The average molecular weight is 183 g/mol. The molecule has 1 aliphatic heterocycles. The Hall–Kier alpha value is -0.990. The molecule has 0 aliphatic carbocycles. The molecule has 3 heteroatoms. The Kier molecular flexibility index (Phi) is 2.96. The summed E-state index contributed by atoms with van der Waals surface area (Å²) < 4.78 is 5.37. The maximum atomic E-state index is 11.5. The van der Waals surface area contributed by atoms with Crippen LogP contribution < -0.4 is 0 Å². The van der Waals surface area contributed by atoms with Gasteiger partial charge in [-0.15, -0.1) is 0 Å². The first-order valence-electron chi connectivity index (χ1n) is 4.74. The minimum Gasteiger partial charge on any atom is -0.476 e. The van der Waals surface area contributed by atoms with Crippen molar-refractivity contribution in [1.82, 2.24) is 4.90 Å². The number of hydrogen-bond donors (Lipinski definition) is 0. The highest BCUT2D eigenvalue weighted by Crippen LogP contribution is 2.21. The molecule has 1 heterocycles. The fourth-order valence-corrected chi connectivity index (χ4v) is 1.37. The van der Waals surface area contributed by atoms with Crippen LogP contribution in [0.5, 0.6) is 0 Å². The van der Waals surface area contributed by atoms with Crippen molar-refractivity contribution >= 4 is 5.91 Å². The van der Waals surface area contributed by atoms with Crippen LogP contribution in [0.4, 0.5) is 0 Å². The summed E-state index contributed by atoms with van der Waals surface area (Å²) in [7, 11) is 0. The van der Waals surface area contributed by atoms with E-state index in [-0.39, 0.29) is 5.91 Å². The first-order chi connectivity index (χ1) is 6.08. The molecule has 3 nitrogen and oxygen atoms in total. The summed E-state index contributed by atoms with van der Waals surface area (Å²) in [5.41, 5.74) is -0.485. The van der Waals surface area contributed by atoms with Gasteiger partial charge < -0.3 is 9.64 Å². The van der Waals surface area contributed by atoms with Gasteiger partial charge in [0.25, 0.3) is 5.91 Å². The van der Waals surface area contributed by atoms with Crippen LogP contribution in [0.15, 0.2) is 12.3 Å². The molecule has 0 N–H and O–H groups in total. The number of hydrogen-bond acceptors (Lipinski definition) is 2. The normalized spacial score (nSPS) is 20.2. The summed E-state index contributed by atoms with van der Waals surface area (Å²) in [5, 5.41) is 0. The lowest BCUT2D eigenvalue weighted by atomic mass is 10.2. The molecule has 0 aromatic heterocycles. The van der Waals surface area contributed by atoms with Crippen LogP contribution in [0.25, 0.3) is 0 Å². The molecule has 0 atom stereocenters. The summed E-state index contributed by atoms with van der Waals surface area (Å²) in [6.45, 7) is 6.69. The van der Waals surface area contributed by atoms with Crippen molar-refractivity contribution in [3.05, 3.63) is 12.3 Å². The standard InChI is InChI=1S/C10H17NO2/c1-4-5-7-11-9(12)6-8-13-10(11,2)3/h6,8H,4-5,7H2,1-3H3. The Morgan fingerprint density at radius 3 is 2.77 bits per heavy atom. The second kappa shape index (κ2) is 3.81. The highest BCUT2D eigenvalue weighted by Gasteiger charge is 2.32. The summed E-state index contributed by atoms with van der Waals surface area (Å²) >= 11 is 0. The fourth-order valence-electron chi connectivity index (χ4n) is 1.37. The SMILES string of the molecule is CCCCN1C(=O)C=COC1(C)C. The van der Waals surface area contributed by atoms with Gasteiger partial charge in [0.1, 0.15) is 0 Å². The monoisotopic (exact) mass is 183 g/mol. The van der Waals surface area contributed by atoms with Gasteiger partial charge in [-0.25, -0.2) is 0 Å². The first kappa shape index (κ1) is 10.1. The smallest absolute Gasteiger partial charge is 0.252 e. The molecule has 0 aromatic carbocycles. The van der Waals surface area contributed by atoms with E-state index in [9.17, 15) is 4.79 Å². The highest BCUT2D eigenvalue weighted by molar-refractivity contribution is 5.88. The van der Waals surface area contributed by atoms with Crippen LogP contribution in [0, 0.1) is 0 Å². The number of amides is 1. The van der Waals surface area contributed by atoms with Gasteiger partial charge in [0.2, 0.25) is 0 Å². The minimum atomic E-state index is -0.485. The van der Waals surface area contributed by atoms with Crippen LogP contribution in [0.3, 0.4) is 0 Å². The zero-order chi connectivity index (χ0) is 9.90. The molecule has 13 heavy (non-hydrogen) atoms. The molecule has 0 saturated heterocycles. The van der Waals surface area contributed by atoms with E-state index in [4.69, 9.17) is 4.74 Å². The predicted octanol–water partition coefficient (Wildman–Crippen LogP) is 1.90. The maximum Gasteiger partial charge on any atom is 0.252 e. The van der Waals surface area contributed by atoms with Gasteiger partial charge in [0, 0.05) is 12.6 Å². The Balaban J connectivity index is 2.66. The van der Waals surface area contributed by atoms with Gasteiger partial charge in [-0.05, 0) is 20.3 Å². The number of carbonyl (C=O) groups excluding carboxylic acids is 1. The van der Waals surface area contributed by atoms with E-state index in [1.807, 2.05) is 13.8 Å². The third kappa shape index (κ3) is 2.23. The van der Waals surface area contributed by atoms with Crippen LogP contribution >= 0.6 is 0 Å². The molecule has 0 saturated carbocycles. The number of ether oxygens (including phenoxy) is 1. The number of rotatable bonds is 3. The van der Waals surface area contributed by atoms with Crippen molar-refractivity contribution in [2.45, 2.75) is 39.3 Å². The average Bonchev–Trinajstić information content (AvgIpc) is 2.02. The molecule has 1 rings (SSSR count). The molecular weight excluding hydrogens is 166 g/mol. The molecular formula is C10H17NO2. The Bertz CT molecular complexity index is 221. The molecule has 0 unspecified atom stereocenters. The zero-order valence-electron chi connectivity index (χ0n) is 8.54. The van der Waals surface area contributed by atoms with Gasteiger partial charge in [-0.1, -0.05) is 13.3 Å². The van der Waals surface area contributed by atoms with Crippen LogP contribution in [-0.2, 0) is 9.53 Å². The summed E-state index contributed by atoms with van der Waals surface area (Å²) in [4.78, 5) is 13.2. The van der Waals surface area contributed by atoms with Crippen molar-refractivity contribution in [1.29, 1.82) is 0 Å². The van der Waals surface area contributed by atoms with E-state index < -0.39 is 5.72 Å². The Labute approximate surface area is 79.4 Å². The van der Waals surface area contributed by atoms with Gasteiger partial charge in [0.05, 0.1) is 6.26 Å². The molecule has 0 aromatic rings. The second-order valence-electron chi connectivity index (χ2n) is 3.71. The maximum absolute atomic E-state index is 11.5. The molecule has 74 valence electrons. The third-order valence-corrected chi connectivity index (χ3v) is 2.22. The van der Waals surface area contributed by atoms with E-state index in [1.165, 1.54) is 12.3 Å². The van der Waals surface area contributed by atoms with Crippen molar-refractivity contribution < 1.29 is 9.53 Å². The van der Waals surface area contributed by atoms with Crippen LogP contribution in [0.2, 0.25) is 0 Å². The van der Waals surface area contributed by atoms with Crippen molar-refractivity contribution in [2.24, 2.45) is 0 Å². The van der Waals surface area contributed by atoms with Crippen molar-refractivity contribution in [3.8, 4) is 0 Å². The molecule has 0 spiro atoms. The number of carbonyl (C=O) groups is 1. The van der Waals surface area contributed by atoms with Gasteiger partial charge in [-0.3, -0.25) is 4.79 Å². The Morgan fingerprint density at radius 2 is 2.23 bits per heavy atom. The lowest BCUT2D eigenvalue weighted by Crippen LogP contribution is -2.50. The van der Waals surface area contributed by atoms with E-state index in [2.05, 4.69) is 6.92 Å². The van der Waals surface area contributed by atoms with E-state index >= 15 is 0 Å². The number of nitrogens with zero attached hydrogens (tertiary/aromatic N) is 1. The molecule has 1 amide bonds. The third-order valence-electron chi connectivity index (χ3n) is 2.22. The zero-order valence-corrected chi connectivity index (χ0v) is 8.54. The van der Waals surface area contributed by atoms with Crippen LogP contribution in [-0.4, -0.2) is 23.1 Å². The summed E-state index contributed by atoms with van der Waals surface area (Å²) in [5.74, 6) is 0.0460. The van der Waals surface area contributed by atoms with Gasteiger partial charge >= 0.3 is 0 Å². The van der Waals surface area contributed by atoms with E-state index in [0.717, 1.165) is 19.4 Å². The lowest BCUT2D eigenvalue weighted by Gasteiger charge is -2.39. The molecule has 0 fully saturated rings. The van der Waals surface area contributed by atoms with Gasteiger partial charge in [0.15, 0.2) is 5.72 Å². The highest BCUT2D eigenvalue weighted by atomic mass is 16.5. The molecule has 0 bridgehead atoms. The quantitative estimate of drug-likeness (QED) is 0.668. The topological polar surface area (TPSA) is 29.5 Å². The minimum absolute atomic E-state index is 0.0460. The van der Waals surface area contributed by atoms with Crippen molar-refractivity contribution in [3.63, 3.8) is 0 Å². The Morgan fingerprint density at radius 1 is 1.54 bits per heavy atom. The van der Waals surface area contributed by atoms with Gasteiger partial charge in [-0.2, -0.15) is 0 Å². The van der Waals surface area contributed by atoms with Crippen LogP contribution in [0.1, 0.15) is 33.6 Å². The molecule has 0 radical (unpaired) electrons. The predicted molar refractivity (Wildman–Crippen MR) is 50.9 cm³/mol. The van der Waals surface area contributed by atoms with Crippen molar-refractivity contribution in [2.75, 3.05) is 6.54 Å². The summed E-state index contributed by atoms with van der Waals surface area (Å²) in [6.07, 6.45) is 5.06. The van der Waals surface area contributed by atoms with E-state index in [0.29, 0.717) is 0 Å². The molecule has 1 aliphatic rings. The van der Waals surface area contributed by atoms with E-state index in [1.54, 1.807) is 4.90 Å². The summed E-state index contributed by atoms with van der Waals surface area (Å²) in [6, 6.07) is 0. The second-order valence-corrected chi connectivity index (χ2v) is 3.71.